The largest absolute Gasteiger partial charge is 0.408 e. The summed E-state index contributed by atoms with van der Waals surface area (Å²) in [5.41, 5.74) is 3.50. The van der Waals surface area contributed by atoms with Crippen LogP contribution in [0.4, 0.5) is 13.2 Å². The summed E-state index contributed by atoms with van der Waals surface area (Å²) in [4.78, 5) is 16.7. The molecule has 5 nitrogen and oxygen atoms in total. The summed E-state index contributed by atoms with van der Waals surface area (Å²) in [5, 5.41) is 7.48. The van der Waals surface area contributed by atoms with Crippen LogP contribution in [0.3, 0.4) is 0 Å². The highest BCUT2D eigenvalue weighted by atomic mass is 19.4. The Morgan fingerprint density at radius 2 is 1.83 bits per heavy atom. The van der Waals surface area contributed by atoms with Gasteiger partial charge in [0.05, 0.1) is 35.6 Å². The van der Waals surface area contributed by atoms with Crippen molar-refractivity contribution in [3.8, 4) is 0 Å². The first-order valence-corrected chi connectivity index (χ1v) is 9.81. The lowest BCUT2D eigenvalue weighted by Crippen LogP contribution is -2.28. The Balaban J connectivity index is 1.71. The van der Waals surface area contributed by atoms with Crippen LogP contribution in [0.2, 0.25) is 0 Å². The number of nitrogens with zero attached hydrogens (tertiary/aromatic N) is 3. The number of aryl methyl sites for hydroxylation is 1. The van der Waals surface area contributed by atoms with Gasteiger partial charge in [-0.15, -0.1) is 0 Å². The molecule has 0 bridgehead atoms. The second-order valence-electron chi connectivity index (χ2n) is 7.85. The SMILES string of the molecule is Cc1nn(CC(F)(F)F)c2cnc([C@@H](C)NC(=O)Cc3ccc(C(C)C)cc3)cc12. The molecule has 0 fully saturated rings. The number of carbonyl (C=O) groups excluding carboxylic acids is 1. The molecular weight excluding hydrogens is 393 g/mol. The molecule has 3 aromatic rings. The van der Waals surface area contributed by atoms with Gasteiger partial charge in [0.15, 0.2) is 0 Å². The minimum Gasteiger partial charge on any atom is -0.348 e. The fourth-order valence-electron chi connectivity index (χ4n) is 3.35. The van der Waals surface area contributed by atoms with E-state index >= 15 is 0 Å². The molecule has 2 aromatic heterocycles. The molecule has 0 spiro atoms. The Hall–Kier alpha value is -2.90. The van der Waals surface area contributed by atoms with Crippen LogP contribution in [-0.2, 0) is 17.8 Å². The van der Waals surface area contributed by atoms with E-state index in [0.717, 1.165) is 10.2 Å². The molecule has 8 heteroatoms. The third-order valence-electron chi connectivity index (χ3n) is 5.00. The van der Waals surface area contributed by atoms with E-state index in [4.69, 9.17) is 0 Å². The van der Waals surface area contributed by atoms with Gasteiger partial charge in [0.2, 0.25) is 5.91 Å². The number of rotatable bonds is 6. The molecule has 1 N–H and O–H groups in total. The maximum atomic E-state index is 12.7. The quantitative estimate of drug-likeness (QED) is 0.623. The smallest absolute Gasteiger partial charge is 0.348 e. The minimum absolute atomic E-state index is 0.147. The molecule has 0 aliphatic rings. The first kappa shape index (κ1) is 21.8. The van der Waals surface area contributed by atoms with E-state index in [0.29, 0.717) is 28.2 Å². The van der Waals surface area contributed by atoms with Crippen LogP contribution in [0.15, 0.2) is 36.5 Å². The molecule has 0 aliphatic carbocycles. The highest BCUT2D eigenvalue weighted by molar-refractivity contribution is 5.82. The van der Waals surface area contributed by atoms with Gasteiger partial charge in [-0.05, 0) is 37.0 Å². The normalized spacial score (nSPS) is 13.1. The second kappa shape index (κ2) is 8.45. The number of alkyl halides is 3. The van der Waals surface area contributed by atoms with E-state index in [-0.39, 0.29) is 18.4 Å². The van der Waals surface area contributed by atoms with Crippen LogP contribution >= 0.6 is 0 Å². The summed E-state index contributed by atoms with van der Waals surface area (Å²) in [5.74, 6) is 0.281. The van der Waals surface area contributed by atoms with Gasteiger partial charge in [-0.1, -0.05) is 38.1 Å². The summed E-state index contributed by atoms with van der Waals surface area (Å²) in [6.45, 7) is 6.51. The zero-order chi connectivity index (χ0) is 22.1. The van der Waals surface area contributed by atoms with Crippen LogP contribution in [0.25, 0.3) is 10.9 Å². The van der Waals surface area contributed by atoms with Gasteiger partial charge in [-0.25, -0.2) is 0 Å². The first-order chi connectivity index (χ1) is 14.0. The lowest BCUT2D eigenvalue weighted by atomic mass is 10.0. The number of halogens is 3. The van der Waals surface area contributed by atoms with Crippen molar-refractivity contribution in [2.75, 3.05) is 0 Å². The van der Waals surface area contributed by atoms with Crippen LogP contribution in [0.1, 0.15) is 55.2 Å². The predicted octanol–water partition coefficient (Wildman–Crippen LogP) is 4.85. The first-order valence-electron chi connectivity index (χ1n) is 9.81. The molecule has 30 heavy (non-hydrogen) atoms. The second-order valence-corrected chi connectivity index (χ2v) is 7.85. The number of benzene rings is 1. The highest BCUT2D eigenvalue weighted by Gasteiger charge is 2.29. The standard InChI is InChI=1S/C22H25F3N4O/c1-13(2)17-7-5-16(6-8-17)9-21(30)27-15(4)19-10-18-14(3)28-29(12-22(23,24)25)20(18)11-26-19/h5-8,10-11,13,15H,9,12H2,1-4H3,(H,27,30)/t15-/m1/s1. The molecule has 0 aliphatic heterocycles. The highest BCUT2D eigenvalue weighted by Crippen LogP contribution is 2.25. The molecule has 0 saturated heterocycles. The minimum atomic E-state index is -4.36. The van der Waals surface area contributed by atoms with Crippen molar-refractivity contribution >= 4 is 16.8 Å². The van der Waals surface area contributed by atoms with E-state index in [2.05, 4.69) is 29.2 Å². The van der Waals surface area contributed by atoms with Gasteiger partial charge in [0, 0.05) is 5.39 Å². The summed E-state index contributed by atoms with van der Waals surface area (Å²) >= 11 is 0. The summed E-state index contributed by atoms with van der Waals surface area (Å²) < 4.78 is 39.1. The Morgan fingerprint density at radius 1 is 1.17 bits per heavy atom. The fourth-order valence-corrected chi connectivity index (χ4v) is 3.35. The molecule has 1 amide bonds. The number of amides is 1. The van der Waals surface area contributed by atoms with Crippen molar-refractivity contribution in [2.45, 2.75) is 58.8 Å². The molecule has 0 unspecified atom stereocenters. The van der Waals surface area contributed by atoms with Gasteiger partial charge >= 0.3 is 6.18 Å². The van der Waals surface area contributed by atoms with Gasteiger partial charge in [-0.2, -0.15) is 18.3 Å². The third kappa shape index (κ3) is 5.17. The van der Waals surface area contributed by atoms with E-state index in [1.807, 2.05) is 24.3 Å². The Bertz CT molecular complexity index is 1040. The van der Waals surface area contributed by atoms with Crippen LogP contribution in [0, 0.1) is 6.92 Å². The topological polar surface area (TPSA) is 59.8 Å². The maximum Gasteiger partial charge on any atom is 0.408 e. The molecule has 160 valence electrons. The van der Waals surface area contributed by atoms with E-state index < -0.39 is 12.7 Å². The van der Waals surface area contributed by atoms with Crippen molar-refractivity contribution in [1.29, 1.82) is 0 Å². The number of nitrogens with one attached hydrogen (secondary N) is 1. The predicted molar refractivity (Wildman–Crippen MR) is 109 cm³/mol. The maximum absolute atomic E-state index is 12.7. The molecule has 2 heterocycles. The zero-order valence-electron chi connectivity index (χ0n) is 17.4. The number of hydrogen-bond donors (Lipinski definition) is 1. The van der Waals surface area contributed by atoms with Crippen LogP contribution < -0.4 is 5.32 Å². The molecular formula is C22H25F3N4O. The van der Waals surface area contributed by atoms with Crippen molar-refractivity contribution in [3.05, 3.63) is 59.0 Å². The summed E-state index contributed by atoms with van der Waals surface area (Å²) in [6, 6.07) is 9.24. The Kier molecular flexibility index (Phi) is 6.14. The van der Waals surface area contributed by atoms with Gasteiger partial charge in [-0.3, -0.25) is 14.5 Å². The molecule has 0 saturated carbocycles. The number of hydrogen-bond acceptors (Lipinski definition) is 3. The summed E-state index contributed by atoms with van der Waals surface area (Å²) in [6.07, 6.45) is -2.74. The average Bonchev–Trinajstić information content (AvgIpc) is 2.95. The average molecular weight is 418 g/mol. The Labute approximate surface area is 173 Å². The molecule has 1 aromatic carbocycles. The summed E-state index contributed by atoms with van der Waals surface area (Å²) in [7, 11) is 0. The van der Waals surface area contributed by atoms with E-state index in [9.17, 15) is 18.0 Å². The third-order valence-corrected chi connectivity index (χ3v) is 5.00. The van der Waals surface area contributed by atoms with E-state index in [1.54, 1.807) is 19.9 Å². The van der Waals surface area contributed by atoms with Gasteiger partial charge < -0.3 is 5.32 Å². The number of fused-ring (bicyclic) bond motifs is 1. The van der Waals surface area contributed by atoms with Crippen molar-refractivity contribution in [3.63, 3.8) is 0 Å². The number of pyridine rings is 1. The fraction of sp³-hybridized carbons (Fsp3) is 0.409. The van der Waals surface area contributed by atoms with Crippen molar-refractivity contribution in [1.82, 2.24) is 20.1 Å². The van der Waals surface area contributed by atoms with Gasteiger partial charge in [0.25, 0.3) is 0 Å². The number of carbonyl (C=O) groups is 1. The molecule has 0 radical (unpaired) electrons. The molecule has 1 atom stereocenters. The van der Waals surface area contributed by atoms with Crippen molar-refractivity contribution < 1.29 is 18.0 Å². The monoisotopic (exact) mass is 418 g/mol. The van der Waals surface area contributed by atoms with Crippen LogP contribution in [0.5, 0.6) is 0 Å². The number of aromatic nitrogens is 3. The van der Waals surface area contributed by atoms with Gasteiger partial charge in [0.1, 0.15) is 6.54 Å². The van der Waals surface area contributed by atoms with Crippen molar-refractivity contribution in [2.24, 2.45) is 0 Å². The van der Waals surface area contributed by atoms with Crippen LogP contribution in [-0.4, -0.2) is 26.8 Å². The molecule has 3 rings (SSSR count). The van der Waals surface area contributed by atoms with E-state index in [1.165, 1.54) is 11.8 Å². The lowest BCUT2D eigenvalue weighted by molar-refractivity contribution is -0.141. The Morgan fingerprint density at radius 3 is 2.43 bits per heavy atom. The lowest BCUT2D eigenvalue weighted by Gasteiger charge is -2.14. The zero-order valence-corrected chi connectivity index (χ0v) is 17.4.